The van der Waals surface area contributed by atoms with Crippen LogP contribution in [0.1, 0.15) is 44.9 Å². The maximum Gasteiger partial charge on any atom is 0.220 e. The third-order valence-corrected chi connectivity index (χ3v) is 5.02. The van der Waals surface area contributed by atoms with Gasteiger partial charge in [-0.1, -0.05) is 6.42 Å². The van der Waals surface area contributed by atoms with Crippen molar-refractivity contribution < 1.29 is 4.79 Å². The summed E-state index contributed by atoms with van der Waals surface area (Å²) in [5, 5.41) is 6.65. The van der Waals surface area contributed by atoms with Crippen LogP contribution in [-0.2, 0) is 4.79 Å². The Kier molecular flexibility index (Phi) is 4.91. The summed E-state index contributed by atoms with van der Waals surface area (Å²) in [6, 6.07) is 0.517. The van der Waals surface area contributed by atoms with E-state index in [9.17, 15) is 4.79 Å². The lowest BCUT2D eigenvalue weighted by molar-refractivity contribution is -0.123. The van der Waals surface area contributed by atoms with Crippen LogP contribution in [0.3, 0.4) is 0 Å². The first-order valence-corrected chi connectivity index (χ1v) is 7.31. The Morgan fingerprint density at radius 3 is 2.50 bits per heavy atom. The average molecular weight is 273 g/mol. The molecule has 2 saturated carbocycles. The van der Waals surface area contributed by atoms with Crippen molar-refractivity contribution in [3.8, 4) is 0 Å². The molecule has 1 amide bonds. The lowest BCUT2D eigenvalue weighted by atomic mass is 9.92. The number of carbonyl (C=O) groups is 1. The molecule has 18 heavy (non-hydrogen) atoms. The third kappa shape index (κ3) is 3.18. The summed E-state index contributed by atoms with van der Waals surface area (Å²) in [5.74, 6) is 2.66. The number of hydrogen-bond acceptors (Lipinski definition) is 2. The summed E-state index contributed by atoms with van der Waals surface area (Å²) in [5.41, 5.74) is 0. The second-order valence-electron chi connectivity index (χ2n) is 6.25. The van der Waals surface area contributed by atoms with Crippen molar-refractivity contribution in [2.75, 3.05) is 13.1 Å². The lowest BCUT2D eigenvalue weighted by Crippen LogP contribution is -2.40. The van der Waals surface area contributed by atoms with Crippen LogP contribution in [-0.4, -0.2) is 25.0 Å². The van der Waals surface area contributed by atoms with Gasteiger partial charge in [-0.3, -0.25) is 4.79 Å². The minimum atomic E-state index is 0. The number of halogens is 1. The zero-order chi connectivity index (χ0) is 11.7. The van der Waals surface area contributed by atoms with E-state index in [-0.39, 0.29) is 12.4 Å². The van der Waals surface area contributed by atoms with Crippen LogP contribution >= 0.6 is 12.4 Å². The summed E-state index contributed by atoms with van der Waals surface area (Å²) in [4.78, 5) is 12.0. The van der Waals surface area contributed by atoms with Gasteiger partial charge in [-0.05, 0) is 62.9 Å². The molecule has 1 saturated heterocycles. The summed E-state index contributed by atoms with van der Waals surface area (Å²) in [7, 11) is 0. The van der Waals surface area contributed by atoms with E-state index in [1.165, 1.54) is 38.5 Å². The van der Waals surface area contributed by atoms with Gasteiger partial charge in [0.25, 0.3) is 0 Å². The lowest BCUT2D eigenvalue weighted by Gasteiger charge is -2.26. The Morgan fingerprint density at radius 1 is 1.11 bits per heavy atom. The smallest absolute Gasteiger partial charge is 0.220 e. The van der Waals surface area contributed by atoms with Gasteiger partial charge >= 0.3 is 0 Å². The van der Waals surface area contributed by atoms with E-state index < -0.39 is 0 Å². The van der Waals surface area contributed by atoms with Crippen LogP contribution in [0, 0.1) is 17.8 Å². The van der Waals surface area contributed by atoms with Crippen molar-refractivity contribution >= 4 is 18.3 Å². The second-order valence-corrected chi connectivity index (χ2v) is 6.25. The first kappa shape index (κ1) is 14.1. The van der Waals surface area contributed by atoms with Gasteiger partial charge in [0.05, 0.1) is 0 Å². The molecule has 3 aliphatic rings. The highest BCUT2D eigenvalue weighted by Gasteiger charge is 2.40. The van der Waals surface area contributed by atoms with Gasteiger partial charge in [0, 0.05) is 12.5 Å². The van der Waals surface area contributed by atoms with Crippen LogP contribution in [0.5, 0.6) is 0 Å². The van der Waals surface area contributed by atoms with Crippen molar-refractivity contribution in [3.05, 3.63) is 0 Å². The molecule has 0 spiro atoms. The maximum absolute atomic E-state index is 12.0. The topological polar surface area (TPSA) is 41.1 Å². The van der Waals surface area contributed by atoms with E-state index in [0.717, 1.165) is 31.3 Å². The summed E-state index contributed by atoms with van der Waals surface area (Å²) in [6.45, 7) is 2.18. The molecule has 3 atom stereocenters. The zero-order valence-corrected chi connectivity index (χ0v) is 11.8. The molecular weight excluding hydrogens is 248 g/mol. The van der Waals surface area contributed by atoms with Gasteiger partial charge in [0.1, 0.15) is 0 Å². The Balaban J connectivity index is 0.00000120. The van der Waals surface area contributed by atoms with E-state index >= 15 is 0 Å². The summed E-state index contributed by atoms with van der Waals surface area (Å²) in [6.07, 6.45) is 8.49. The van der Waals surface area contributed by atoms with Crippen LogP contribution in [0.15, 0.2) is 0 Å². The quantitative estimate of drug-likeness (QED) is 0.826. The van der Waals surface area contributed by atoms with Crippen LogP contribution in [0.25, 0.3) is 0 Å². The van der Waals surface area contributed by atoms with Crippen molar-refractivity contribution in [3.63, 3.8) is 0 Å². The molecule has 3 fully saturated rings. The van der Waals surface area contributed by atoms with Crippen molar-refractivity contribution in [2.45, 2.75) is 51.0 Å². The molecule has 104 valence electrons. The standard InChI is InChI=1S/C14H24N2O.ClH/c17-14(9-10-3-5-15-6-4-10)16-13-8-11-1-2-12(13)7-11;/h10-13,15H,1-9H2,(H,16,17);1H. The number of nitrogens with one attached hydrogen (secondary N) is 2. The molecule has 2 N–H and O–H groups in total. The molecule has 3 rings (SSSR count). The van der Waals surface area contributed by atoms with E-state index in [4.69, 9.17) is 0 Å². The SMILES string of the molecule is Cl.O=C(CC1CCNCC1)NC1CC2CCC1C2. The largest absolute Gasteiger partial charge is 0.353 e. The van der Waals surface area contributed by atoms with E-state index in [1.54, 1.807) is 0 Å². The molecule has 1 heterocycles. The molecule has 4 heteroatoms. The average Bonchev–Trinajstić information content (AvgIpc) is 2.92. The van der Waals surface area contributed by atoms with E-state index in [1.807, 2.05) is 0 Å². The molecule has 0 aromatic heterocycles. The van der Waals surface area contributed by atoms with Crippen molar-refractivity contribution in [2.24, 2.45) is 17.8 Å². The van der Waals surface area contributed by atoms with Gasteiger partial charge in [-0.25, -0.2) is 0 Å². The molecule has 0 aromatic carbocycles. The Hall–Kier alpha value is -0.280. The Labute approximate surface area is 116 Å². The van der Waals surface area contributed by atoms with E-state index in [0.29, 0.717) is 17.9 Å². The monoisotopic (exact) mass is 272 g/mol. The molecule has 0 aromatic rings. The molecule has 3 nitrogen and oxygen atoms in total. The van der Waals surface area contributed by atoms with E-state index in [2.05, 4.69) is 10.6 Å². The molecule has 2 aliphatic carbocycles. The fourth-order valence-corrected chi connectivity index (χ4v) is 4.04. The van der Waals surface area contributed by atoms with Gasteiger partial charge in [0.2, 0.25) is 5.91 Å². The van der Waals surface area contributed by atoms with Gasteiger partial charge in [0.15, 0.2) is 0 Å². The predicted molar refractivity (Wildman–Crippen MR) is 74.8 cm³/mol. The fourth-order valence-electron chi connectivity index (χ4n) is 4.04. The fraction of sp³-hybridized carbons (Fsp3) is 0.929. The highest BCUT2D eigenvalue weighted by atomic mass is 35.5. The first-order chi connectivity index (χ1) is 8.31. The molecule has 1 aliphatic heterocycles. The number of hydrogen-bond donors (Lipinski definition) is 2. The predicted octanol–water partition coefficient (Wildman–Crippen LogP) is 2.10. The number of piperidine rings is 1. The summed E-state index contributed by atoms with van der Waals surface area (Å²) >= 11 is 0. The first-order valence-electron chi connectivity index (χ1n) is 7.31. The van der Waals surface area contributed by atoms with Crippen LogP contribution < -0.4 is 10.6 Å². The Morgan fingerprint density at radius 2 is 1.89 bits per heavy atom. The highest BCUT2D eigenvalue weighted by molar-refractivity contribution is 5.85. The molecule has 3 unspecified atom stereocenters. The minimum Gasteiger partial charge on any atom is -0.353 e. The minimum absolute atomic E-state index is 0. The van der Waals surface area contributed by atoms with Crippen molar-refractivity contribution in [1.82, 2.24) is 10.6 Å². The number of amides is 1. The highest BCUT2D eigenvalue weighted by Crippen LogP contribution is 2.44. The molecule has 0 radical (unpaired) electrons. The third-order valence-electron chi connectivity index (χ3n) is 5.02. The van der Waals surface area contributed by atoms with Crippen molar-refractivity contribution in [1.29, 1.82) is 0 Å². The maximum atomic E-state index is 12.0. The Bertz CT molecular complexity index is 292. The van der Waals surface area contributed by atoms with Crippen LogP contribution in [0.2, 0.25) is 0 Å². The second kappa shape index (κ2) is 6.25. The zero-order valence-electron chi connectivity index (χ0n) is 11.0. The van der Waals surface area contributed by atoms with Gasteiger partial charge < -0.3 is 10.6 Å². The van der Waals surface area contributed by atoms with Gasteiger partial charge in [-0.15, -0.1) is 12.4 Å². The van der Waals surface area contributed by atoms with Gasteiger partial charge in [-0.2, -0.15) is 0 Å². The summed E-state index contributed by atoms with van der Waals surface area (Å²) < 4.78 is 0. The number of carbonyl (C=O) groups excluding carboxylic acids is 1. The number of rotatable bonds is 3. The normalized spacial score (nSPS) is 35.2. The molecular formula is C14H25ClN2O. The van der Waals surface area contributed by atoms with Crippen LogP contribution in [0.4, 0.5) is 0 Å². The number of fused-ring (bicyclic) bond motifs is 2. The molecule has 2 bridgehead atoms.